The minimum atomic E-state index is -0.485. The molecule has 3 rings (SSSR count). The van der Waals surface area contributed by atoms with Crippen molar-refractivity contribution in [2.45, 2.75) is 33.1 Å². The Balaban J connectivity index is 0.000000357. The van der Waals surface area contributed by atoms with Crippen LogP contribution in [0.4, 0.5) is 11.4 Å². The number of nitriles is 1. The Morgan fingerprint density at radius 2 is 1.90 bits per heavy atom. The third-order valence-electron chi connectivity index (χ3n) is 4.45. The summed E-state index contributed by atoms with van der Waals surface area (Å²) in [7, 11) is 0. The number of ether oxygens (including phenoxy) is 2. The molecule has 8 heteroatoms. The molecule has 1 aliphatic rings. The first kappa shape index (κ1) is 24.7. The highest BCUT2D eigenvalue weighted by Crippen LogP contribution is 2.36. The molecule has 0 amide bonds. The van der Waals surface area contributed by atoms with Gasteiger partial charge in [0.1, 0.15) is 5.78 Å². The minimum Gasteiger partial charge on any atom is -0.435 e. The number of benzene rings is 2. The molecule has 1 N–H and O–H groups in total. The Labute approximate surface area is 192 Å². The largest absolute Gasteiger partial charge is 0.435 e. The van der Waals surface area contributed by atoms with Gasteiger partial charge in [-0.1, -0.05) is 41.4 Å². The van der Waals surface area contributed by atoms with Crippen LogP contribution >= 0.6 is 23.2 Å². The number of esters is 1. The van der Waals surface area contributed by atoms with Crippen molar-refractivity contribution in [3.63, 3.8) is 0 Å². The number of hydrogen-bond acceptors (Lipinski definition) is 6. The Bertz CT molecular complexity index is 969. The van der Waals surface area contributed by atoms with E-state index in [0.717, 1.165) is 18.4 Å². The fraction of sp³-hybridized carbons (Fsp3) is 0.348. The van der Waals surface area contributed by atoms with Crippen molar-refractivity contribution in [2.24, 2.45) is 5.92 Å². The molecule has 0 heterocycles. The maximum absolute atomic E-state index is 12.2. The molecule has 0 aliphatic heterocycles. The van der Waals surface area contributed by atoms with E-state index in [1.807, 2.05) is 26.0 Å². The number of para-hydroxylation sites is 1. The van der Waals surface area contributed by atoms with Crippen molar-refractivity contribution in [1.82, 2.24) is 0 Å². The highest BCUT2D eigenvalue weighted by Gasteiger charge is 2.28. The zero-order valence-corrected chi connectivity index (χ0v) is 18.9. The zero-order valence-electron chi connectivity index (χ0n) is 17.4. The molecule has 0 spiro atoms. The summed E-state index contributed by atoms with van der Waals surface area (Å²) in [6.07, 6.45) is 2.14. The molecule has 0 aromatic heterocycles. The molecule has 164 valence electrons. The lowest BCUT2D eigenvalue weighted by Gasteiger charge is -2.15. The molecule has 1 saturated carbocycles. The highest BCUT2D eigenvalue weighted by molar-refractivity contribution is 6.39. The van der Waals surface area contributed by atoms with Gasteiger partial charge >= 0.3 is 5.97 Å². The Hall–Kier alpha value is -2.59. The van der Waals surface area contributed by atoms with Gasteiger partial charge in [-0.2, -0.15) is 5.26 Å². The van der Waals surface area contributed by atoms with E-state index in [2.05, 4.69) is 5.32 Å². The lowest BCUT2D eigenvalue weighted by molar-refractivity contribution is -0.119. The van der Waals surface area contributed by atoms with E-state index in [1.165, 1.54) is 0 Å². The SMILES string of the molecule is CCOCOC(=O)c1ccccc1Nc1c(Cl)ccc(C)c1Cl.N#CCC(=O)C1CC1. The van der Waals surface area contributed by atoms with Gasteiger partial charge in [0.25, 0.3) is 0 Å². The van der Waals surface area contributed by atoms with Crippen LogP contribution in [0.5, 0.6) is 0 Å². The average Bonchev–Trinajstić information content (AvgIpc) is 3.61. The third kappa shape index (κ3) is 7.55. The second-order valence-electron chi connectivity index (χ2n) is 6.84. The Kier molecular flexibility index (Phi) is 9.80. The molecule has 1 aliphatic carbocycles. The van der Waals surface area contributed by atoms with Gasteiger partial charge in [0.05, 0.1) is 39.5 Å². The smallest absolute Gasteiger partial charge is 0.342 e. The van der Waals surface area contributed by atoms with Crippen molar-refractivity contribution in [3.05, 3.63) is 57.6 Å². The third-order valence-corrected chi connectivity index (χ3v) is 5.26. The van der Waals surface area contributed by atoms with Gasteiger partial charge in [0.15, 0.2) is 6.79 Å². The van der Waals surface area contributed by atoms with E-state index in [9.17, 15) is 9.59 Å². The molecule has 0 bridgehead atoms. The fourth-order valence-electron chi connectivity index (χ4n) is 2.56. The van der Waals surface area contributed by atoms with Crippen LogP contribution in [0.3, 0.4) is 0 Å². The van der Waals surface area contributed by atoms with Gasteiger partial charge < -0.3 is 14.8 Å². The molecular weight excluding hydrogens is 439 g/mol. The quantitative estimate of drug-likeness (QED) is 0.290. The summed E-state index contributed by atoms with van der Waals surface area (Å²) in [6.45, 7) is 4.09. The van der Waals surface area contributed by atoms with Crippen molar-refractivity contribution >= 4 is 46.3 Å². The van der Waals surface area contributed by atoms with Crippen molar-refractivity contribution in [1.29, 1.82) is 5.26 Å². The number of halogens is 2. The molecule has 6 nitrogen and oxygen atoms in total. The normalized spacial score (nSPS) is 12.2. The van der Waals surface area contributed by atoms with Crippen molar-refractivity contribution < 1.29 is 19.1 Å². The van der Waals surface area contributed by atoms with E-state index < -0.39 is 5.97 Å². The number of ketones is 1. The summed E-state index contributed by atoms with van der Waals surface area (Å²) in [5.41, 5.74) is 2.37. The second-order valence-corrected chi connectivity index (χ2v) is 7.63. The fourth-order valence-corrected chi connectivity index (χ4v) is 3.03. The number of anilines is 2. The van der Waals surface area contributed by atoms with Crippen LogP contribution in [0.25, 0.3) is 0 Å². The molecule has 0 unspecified atom stereocenters. The van der Waals surface area contributed by atoms with E-state index >= 15 is 0 Å². The van der Waals surface area contributed by atoms with E-state index in [0.29, 0.717) is 33.6 Å². The molecule has 0 saturated heterocycles. The molecule has 2 aromatic carbocycles. The monoisotopic (exact) mass is 462 g/mol. The maximum atomic E-state index is 12.2. The molecule has 1 fully saturated rings. The number of rotatable bonds is 8. The van der Waals surface area contributed by atoms with Crippen LogP contribution in [0, 0.1) is 24.2 Å². The molecule has 2 aromatic rings. The van der Waals surface area contributed by atoms with Crippen LogP contribution in [-0.2, 0) is 14.3 Å². The number of hydrogen-bond donors (Lipinski definition) is 1. The van der Waals surface area contributed by atoms with Gasteiger partial charge in [0.2, 0.25) is 0 Å². The van der Waals surface area contributed by atoms with Crippen LogP contribution in [0.15, 0.2) is 36.4 Å². The van der Waals surface area contributed by atoms with Gasteiger partial charge in [-0.25, -0.2) is 4.79 Å². The summed E-state index contributed by atoms with van der Waals surface area (Å²) in [4.78, 5) is 22.7. The summed E-state index contributed by atoms with van der Waals surface area (Å²) < 4.78 is 10.1. The number of aryl methyl sites for hydroxylation is 1. The van der Waals surface area contributed by atoms with Crippen LogP contribution in [0.1, 0.15) is 42.1 Å². The van der Waals surface area contributed by atoms with Crippen LogP contribution in [0.2, 0.25) is 10.0 Å². The van der Waals surface area contributed by atoms with Crippen LogP contribution in [-0.4, -0.2) is 25.2 Å². The first-order chi connectivity index (χ1) is 14.9. The van der Waals surface area contributed by atoms with Crippen LogP contribution < -0.4 is 5.32 Å². The first-order valence-corrected chi connectivity index (χ1v) is 10.6. The lowest BCUT2D eigenvalue weighted by Crippen LogP contribution is -2.11. The Morgan fingerprint density at radius 1 is 1.19 bits per heavy atom. The number of carbonyl (C=O) groups is 2. The molecule has 31 heavy (non-hydrogen) atoms. The molecule has 0 atom stereocenters. The Morgan fingerprint density at radius 3 is 2.55 bits per heavy atom. The predicted molar refractivity (Wildman–Crippen MR) is 121 cm³/mol. The lowest BCUT2D eigenvalue weighted by atomic mass is 10.1. The zero-order chi connectivity index (χ0) is 22.8. The van der Waals surface area contributed by atoms with E-state index in [1.54, 1.807) is 30.3 Å². The molecular formula is C23H24Cl2N2O4. The van der Waals surface area contributed by atoms with Gasteiger partial charge in [0, 0.05) is 12.5 Å². The topological polar surface area (TPSA) is 88.4 Å². The summed E-state index contributed by atoms with van der Waals surface area (Å²) in [5, 5.41) is 12.1. The summed E-state index contributed by atoms with van der Waals surface area (Å²) in [5.74, 6) is -0.0939. The first-order valence-electron chi connectivity index (χ1n) is 9.84. The number of Topliss-reactive ketones (excluding diaryl/α,β-unsaturated/α-hetero) is 1. The summed E-state index contributed by atoms with van der Waals surface area (Å²) in [6, 6.07) is 12.4. The second kappa shape index (κ2) is 12.3. The predicted octanol–water partition coefficient (Wildman–Crippen LogP) is 6.08. The molecule has 0 radical (unpaired) electrons. The van der Waals surface area contributed by atoms with Gasteiger partial charge in [-0.3, -0.25) is 4.79 Å². The number of nitrogens with one attached hydrogen (secondary N) is 1. The highest BCUT2D eigenvalue weighted by atomic mass is 35.5. The maximum Gasteiger partial charge on any atom is 0.342 e. The number of nitrogens with zero attached hydrogens (tertiary/aromatic N) is 1. The summed E-state index contributed by atoms with van der Waals surface area (Å²) >= 11 is 12.5. The van der Waals surface area contributed by atoms with Gasteiger partial charge in [-0.05, 0) is 50.5 Å². The van der Waals surface area contributed by atoms with Crippen molar-refractivity contribution in [2.75, 3.05) is 18.7 Å². The van der Waals surface area contributed by atoms with Crippen molar-refractivity contribution in [3.8, 4) is 6.07 Å². The van der Waals surface area contributed by atoms with E-state index in [4.69, 9.17) is 37.9 Å². The number of carbonyl (C=O) groups excluding carboxylic acids is 2. The standard InChI is InChI=1S/C17H17Cl2NO3.C6H7NO/c1-3-22-10-23-17(21)12-6-4-5-7-14(12)20-16-13(18)9-8-11(2)15(16)19;7-4-3-6(8)5-1-2-5/h4-9,20H,3,10H2,1-2H3;5H,1-3H2. The van der Waals surface area contributed by atoms with Gasteiger partial charge in [-0.15, -0.1) is 0 Å². The van der Waals surface area contributed by atoms with E-state index in [-0.39, 0.29) is 24.9 Å². The minimum absolute atomic E-state index is 0.0877. The average molecular weight is 463 g/mol.